The van der Waals surface area contributed by atoms with Crippen LogP contribution in [0.25, 0.3) is 0 Å². The number of halogens is 9. The van der Waals surface area contributed by atoms with E-state index in [1.54, 1.807) is 0 Å². The molecule has 0 aromatic rings. The van der Waals surface area contributed by atoms with Crippen molar-refractivity contribution in [2.75, 3.05) is 0 Å². The second-order valence-corrected chi connectivity index (χ2v) is 2.57. The second-order valence-electron chi connectivity index (χ2n) is 2.57. The van der Waals surface area contributed by atoms with Crippen LogP contribution in [0.1, 0.15) is 0 Å². The molecule has 100 valence electrons. The molecular weight excluding hydrogens is 271 g/mol. The van der Waals surface area contributed by atoms with Gasteiger partial charge in [-0.25, -0.2) is 4.39 Å². The maximum Gasteiger partial charge on any atom is 0.447 e. The monoisotopic (exact) mass is 274 g/mol. The van der Waals surface area contributed by atoms with E-state index in [2.05, 4.69) is 11.3 Å². The minimum atomic E-state index is -6.23. The van der Waals surface area contributed by atoms with Gasteiger partial charge in [-0.15, -0.1) is 0 Å². The molecule has 1 unspecified atom stereocenters. The van der Waals surface area contributed by atoms with Crippen LogP contribution >= 0.6 is 0 Å². The highest BCUT2D eigenvalue weighted by Crippen LogP contribution is 2.47. The Bertz CT molecular complexity index is 327. The first kappa shape index (κ1) is 15.6. The van der Waals surface area contributed by atoms with Crippen LogP contribution in [0.15, 0.2) is 24.7 Å². The van der Waals surface area contributed by atoms with Crippen molar-refractivity contribution in [1.82, 2.24) is 0 Å². The summed E-state index contributed by atoms with van der Waals surface area (Å²) in [5, 5.41) is 0. The highest BCUT2D eigenvalue weighted by molar-refractivity contribution is 5.09. The average molecular weight is 274 g/mol. The molecule has 0 aromatic heterocycles. The number of hydrogen-bond acceptors (Lipinski definition) is 1. The first-order valence-electron chi connectivity index (χ1n) is 3.56. The largest absolute Gasteiger partial charge is 0.447 e. The minimum absolute atomic E-state index is 0.920. The van der Waals surface area contributed by atoms with Crippen LogP contribution in [0.3, 0.4) is 0 Å². The Hall–Kier alpha value is -1.35. The van der Waals surface area contributed by atoms with Crippen molar-refractivity contribution in [2.45, 2.75) is 18.0 Å². The van der Waals surface area contributed by atoms with Gasteiger partial charge >= 0.3 is 30.0 Å². The number of hydrogen-bond donors (Lipinski definition) is 0. The molecule has 0 amide bonds. The molecule has 0 aliphatic heterocycles. The van der Waals surface area contributed by atoms with Gasteiger partial charge in [0.15, 0.2) is 0 Å². The van der Waals surface area contributed by atoms with Crippen molar-refractivity contribution >= 4 is 0 Å². The standard InChI is InChI=1S/C7H3F9O/c1-2-5(11,6(12,13)14)7(15,16)17-4(10)3(8)9/h2H,1H2. The van der Waals surface area contributed by atoms with Gasteiger partial charge < -0.3 is 4.74 Å². The van der Waals surface area contributed by atoms with E-state index in [9.17, 15) is 39.5 Å². The summed E-state index contributed by atoms with van der Waals surface area (Å²) < 4.78 is 111. The molecule has 0 N–H and O–H groups in total. The molecule has 0 rings (SSSR count). The predicted octanol–water partition coefficient (Wildman–Crippen LogP) is 4.09. The molecule has 0 aromatic carbocycles. The van der Waals surface area contributed by atoms with E-state index in [0.717, 1.165) is 0 Å². The molecule has 0 saturated carbocycles. The van der Waals surface area contributed by atoms with E-state index in [1.165, 1.54) is 0 Å². The fourth-order valence-corrected chi connectivity index (χ4v) is 0.625. The maximum atomic E-state index is 12.9. The quantitative estimate of drug-likeness (QED) is 0.426. The zero-order valence-corrected chi connectivity index (χ0v) is 7.59. The maximum absolute atomic E-state index is 12.9. The van der Waals surface area contributed by atoms with Crippen molar-refractivity contribution in [3.05, 3.63) is 24.7 Å². The van der Waals surface area contributed by atoms with Gasteiger partial charge in [-0.05, 0) is 6.08 Å². The van der Waals surface area contributed by atoms with Crippen molar-refractivity contribution < 1.29 is 44.3 Å². The second kappa shape index (κ2) is 4.49. The van der Waals surface area contributed by atoms with Crippen molar-refractivity contribution in [1.29, 1.82) is 0 Å². The molecule has 10 heteroatoms. The summed E-state index contributed by atoms with van der Waals surface area (Å²) >= 11 is 0. The van der Waals surface area contributed by atoms with Gasteiger partial charge in [-0.1, -0.05) is 6.58 Å². The van der Waals surface area contributed by atoms with E-state index in [0.29, 0.717) is 0 Å². The lowest BCUT2D eigenvalue weighted by Gasteiger charge is -2.30. The van der Waals surface area contributed by atoms with E-state index in [-0.39, 0.29) is 0 Å². The van der Waals surface area contributed by atoms with Crippen molar-refractivity contribution in [3.8, 4) is 0 Å². The first-order chi connectivity index (χ1) is 7.39. The van der Waals surface area contributed by atoms with Gasteiger partial charge in [0.1, 0.15) is 0 Å². The summed E-state index contributed by atoms with van der Waals surface area (Å²) in [7, 11) is 0. The van der Waals surface area contributed by atoms with Gasteiger partial charge in [0.25, 0.3) is 0 Å². The van der Waals surface area contributed by atoms with Crippen LogP contribution in [0, 0.1) is 0 Å². The minimum Gasteiger partial charge on any atom is -0.399 e. The smallest absolute Gasteiger partial charge is 0.399 e. The third-order valence-electron chi connectivity index (χ3n) is 1.48. The summed E-state index contributed by atoms with van der Waals surface area (Å²) in [6, 6.07) is -3.32. The van der Waals surface area contributed by atoms with Crippen molar-refractivity contribution in [3.63, 3.8) is 0 Å². The highest BCUT2D eigenvalue weighted by Gasteiger charge is 2.72. The van der Waals surface area contributed by atoms with Crippen LogP contribution < -0.4 is 0 Å². The Kier molecular flexibility index (Phi) is 4.14. The fourth-order valence-electron chi connectivity index (χ4n) is 0.625. The summed E-state index contributed by atoms with van der Waals surface area (Å²) in [6.07, 6.45) is -16.5. The molecular formula is C7H3F9O. The van der Waals surface area contributed by atoms with Gasteiger partial charge in [0.05, 0.1) is 0 Å². The van der Waals surface area contributed by atoms with Gasteiger partial charge in [0.2, 0.25) is 0 Å². The van der Waals surface area contributed by atoms with Crippen LogP contribution in [0.2, 0.25) is 0 Å². The predicted molar refractivity (Wildman–Crippen MR) is 36.5 cm³/mol. The molecule has 17 heavy (non-hydrogen) atoms. The zero-order valence-electron chi connectivity index (χ0n) is 7.59. The van der Waals surface area contributed by atoms with Crippen molar-refractivity contribution in [2.24, 2.45) is 0 Å². The number of rotatable bonds is 4. The van der Waals surface area contributed by atoms with Crippen LogP contribution in [0.4, 0.5) is 39.5 Å². The lowest BCUT2D eigenvalue weighted by molar-refractivity contribution is -0.360. The SMILES string of the molecule is C=CC(F)(C(F)(F)F)C(F)(F)OC(F)=C(F)F. The molecule has 1 nitrogen and oxygen atoms in total. The van der Waals surface area contributed by atoms with Gasteiger partial charge in [-0.3, -0.25) is 0 Å². The molecule has 0 radical (unpaired) electrons. The van der Waals surface area contributed by atoms with E-state index in [1.807, 2.05) is 0 Å². The van der Waals surface area contributed by atoms with Crippen LogP contribution in [-0.4, -0.2) is 18.0 Å². The molecule has 0 aliphatic rings. The Morgan fingerprint density at radius 2 is 1.35 bits per heavy atom. The average Bonchev–Trinajstić information content (AvgIpc) is 2.13. The first-order valence-corrected chi connectivity index (χ1v) is 3.56. The van der Waals surface area contributed by atoms with E-state index in [4.69, 9.17) is 0 Å². The molecule has 0 aliphatic carbocycles. The number of ether oxygens (including phenoxy) is 1. The summed E-state index contributed by atoms with van der Waals surface area (Å²) in [6.45, 7) is 2.14. The Labute approximate surface area is 88.2 Å². The topological polar surface area (TPSA) is 9.23 Å². The third-order valence-corrected chi connectivity index (χ3v) is 1.48. The van der Waals surface area contributed by atoms with Crippen LogP contribution in [0.5, 0.6) is 0 Å². The Morgan fingerprint density at radius 3 is 1.59 bits per heavy atom. The normalized spacial score (nSPS) is 16.1. The highest BCUT2D eigenvalue weighted by atomic mass is 19.4. The Balaban J connectivity index is 5.43. The van der Waals surface area contributed by atoms with E-state index < -0.39 is 36.1 Å². The molecule has 0 fully saturated rings. The summed E-state index contributed by atoms with van der Waals surface area (Å²) in [4.78, 5) is 0. The summed E-state index contributed by atoms with van der Waals surface area (Å²) in [5.41, 5.74) is -5.51. The lowest BCUT2D eigenvalue weighted by atomic mass is 10.1. The zero-order chi connectivity index (χ0) is 14.1. The molecule has 0 bridgehead atoms. The molecule has 0 spiro atoms. The molecule has 0 heterocycles. The fraction of sp³-hybridized carbons (Fsp3) is 0.429. The molecule has 0 saturated heterocycles. The number of alkyl halides is 6. The van der Waals surface area contributed by atoms with Gasteiger partial charge in [-0.2, -0.15) is 35.1 Å². The van der Waals surface area contributed by atoms with Crippen LogP contribution in [-0.2, 0) is 4.74 Å². The Morgan fingerprint density at radius 1 is 0.941 bits per heavy atom. The summed E-state index contributed by atoms with van der Waals surface area (Å²) in [5.74, 6) is 0. The van der Waals surface area contributed by atoms with Gasteiger partial charge in [0, 0.05) is 0 Å². The third kappa shape index (κ3) is 2.86. The lowest BCUT2D eigenvalue weighted by Crippen LogP contribution is -2.55. The molecule has 1 atom stereocenters. The van der Waals surface area contributed by atoms with E-state index >= 15 is 0 Å².